The third-order valence-corrected chi connectivity index (χ3v) is 5.62. The van der Waals surface area contributed by atoms with Crippen molar-refractivity contribution in [2.75, 3.05) is 13.2 Å². The molecule has 0 radical (unpaired) electrons. The average molecular weight is 428 g/mol. The quantitative estimate of drug-likeness (QED) is 0.304. The van der Waals surface area contributed by atoms with E-state index in [0.29, 0.717) is 23.5 Å². The highest BCUT2D eigenvalue weighted by atomic mass is 16.6. The van der Waals surface area contributed by atoms with Crippen LogP contribution in [0.2, 0.25) is 0 Å². The van der Waals surface area contributed by atoms with Gasteiger partial charge in [-0.25, -0.2) is 9.59 Å². The minimum Gasteiger partial charge on any atom is -0.460 e. The summed E-state index contributed by atoms with van der Waals surface area (Å²) in [4.78, 5) is 43.4. The van der Waals surface area contributed by atoms with Crippen molar-refractivity contribution >= 4 is 5.97 Å². The van der Waals surface area contributed by atoms with E-state index in [4.69, 9.17) is 15.0 Å². The van der Waals surface area contributed by atoms with Crippen LogP contribution in [0.5, 0.6) is 0 Å². The third kappa shape index (κ3) is 4.89. The Balaban J connectivity index is 1.41. The van der Waals surface area contributed by atoms with Gasteiger partial charge < -0.3 is 14.4 Å². The van der Waals surface area contributed by atoms with Crippen molar-refractivity contribution in [1.82, 2.24) is 14.5 Å². The molecule has 0 aromatic carbocycles. The molecule has 3 heterocycles. The summed E-state index contributed by atoms with van der Waals surface area (Å²) in [5, 5.41) is 3.74. The lowest BCUT2D eigenvalue weighted by atomic mass is 10.1. The summed E-state index contributed by atoms with van der Waals surface area (Å²) < 4.78 is 12.6. The Labute approximate surface area is 177 Å². The predicted octanol–water partition coefficient (Wildman–Crippen LogP) is 1.87. The van der Waals surface area contributed by atoms with Crippen LogP contribution in [-0.4, -0.2) is 45.7 Å². The highest BCUT2D eigenvalue weighted by Crippen LogP contribution is 2.32. The number of H-pyrrole nitrogens is 1. The molecule has 164 valence electrons. The van der Waals surface area contributed by atoms with Crippen molar-refractivity contribution in [2.24, 2.45) is 11.0 Å². The van der Waals surface area contributed by atoms with Crippen molar-refractivity contribution in [3.8, 4) is 0 Å². The van der Waals surface area contributed by atoms with Gasteiger partial charge in [-0.1, -0.05) is 11.2 Å². The summed E-state index contributed by atoms with van der Waals surface area (Å²) >= 11 is 0. The molecule has 3 aliphatic rings. The summed E-state index contributed by atoms with van der Waals surface area (Å²) in [6.45, 7) is 2.36. The van der Waals surface area contributed by atoms with Gasteiger partial charge in [-0.2, -0.15) is 0 Å². The number of ether oxygens (including phenoxy) is 2. The molecule has 1 saturated heterocycles. The van der Waals surface area contributed by atoms with E-state index in [1.165, 1.54) is 23.6 Å². The molecule has 3 atom stereocenters. The van der Waals surface area contributed by atoms with Gasteiger partial charge in [-0.3, -0.25) is 14.3 Å². The van der Waals surface area contributed by atoms with E-state index in [-0.39, 0.29) is 13.0 Å². The number of allylic oxidation sites excluding steroid dienone is 1. The Bertz CT molecular complexity index is 1080. The summed E-state index contributed by atoms with van der Waals surface area (Å²) in [6, 6.07) is -0.617. The number of azide groups is 1. The Hall–Kier alpha value is -3.30. The number of rotatable bonds is 7. The molecule has 0 spiro atoms. The van der Waals surface area contributed by atoms with Gasteiger partial charge in [0.2, 0.25) is 0 Å². The normalized spacial score (nSPS) is 25.1. The van der Waals surface area contributed by atoms with Gasteiger partial charge in [0.1, 0.15) is 18.9 Å². The van der Waals surface area contributed by atoms with Crippen LogP contribution in [-0.2, 0) is 14.3 Å². The standard InChI is InChI=1S/C20H24N6O5/c1-12-8-26(20(29)22-18(12)27)17-7-15(23-24-21)16(31-17)11-30-19(28)14-3-2-6-25(10-14)9-13-4-5-13/h2,6,8,10,13,15-17H,3-5,7,9,11H2,1H3,(H,22,27,29)/t15-,16+,17+/m0/s1. The van der Waals surface area contributed by atoms with Crippen LogP contribution in [0.3, 0.4) is 0 Å². The van der Waals surface area contributed by atoms with Crippen molar-refractivity contribution in [3.05, 3.63) is 67.1 Å². The second-order valence-corrected chi connectivity index (χ2v) is 8.10. The van der Waals surface area contributed by atoms with Crippen LogP contribution >= 0.6 is 0 Å². The lowest BCUT2D eigenvalue weighted by Gasteiger charge is -2.21. The van der Waals surface area contributed by atoms with Crippen LogP contribution in [0.25, 0.3) is 10.4 Å². The minimum atomic E-state index is -0.742. The molecule has 11 heteroatoms. The second kappa shape index (κ2) is 8.83. The molecule has 0 bridgehead atoms. The fraction of sp³-hybridized carbons (Fsp3) is 0.550. The summed E-state index contributed by atoms with van der Waals surface area (Å²) in [7, 11) is 0. The Kier molecular flexibility index (Phi) is 5.97. The van der Waals surface area contributed by atoms with Crippen molar-refractivity contribution < 1.29 is 14.3 Å². The molecular formula is C20H24N6O5. The number of esters is 1. The van der Waals surface area contributed by atoms with Gasteiger partial charge in [0.25, 0.3) is 5.56 Å². The number of hydrogen-bond donors (Lipinski definition) is 1. The largest absolute Gasteiger partial charge is 0.460 e. The lowest BCUT2D eigenvalue weighted by molar-refractivity contribution is -0.144. The van der Waals surface area contributed by atoms with Crippen molar-refractivity contribution in [3.63, 3.8) is 0 Å². The zero-order chi connectivity index (χ0) is 22.0. The molecule has 11 nitrogen and oxygen atoms in total. The van der Waals surface area contributed by atoms with E-state index in [9.17, 15) is 14.4 Å². The molecule has 4 rings (SSSR count). The van der Waals surface area contributed by atoms with E-state index in [0.717, 1.165) is 6.54 Å². The van der Waals surface area contributed by atoms with E-state index < -0.39 is 35.6 Å². The number of hydrogen-bond acceptors (Lipinski definition) is 7. The monoisotopic (exact) mass is 428 g/mol. The van der Waals surface area contributed by atoms with E-state index in [1.54, 1.807) is 6.92 Å². The molecule has 1 N–H and O–H groups in total. The number of nitrogens with one attached hydrogen (secondary N) is 1. The Morgan fingerprint density at radius 2 is 2.23 bits per heavy atom. The first-order valence-corrected chi connectivity index (χ1v) is 10.3. The number of carbonyl (C=O) groups excluding carboxylic acids is 1. The van der Waals surface area contributed by atoms with E-state index in [1.807, 2.05) is 23.4 Å². The molecule has 2 fully saturated rings. The van der Waals surface area contributed by atoms with Crippen LogP contribution in [0, 0.1) is 12.8 Å². The van der Waals surface area contributed by atoms with Gasteiger partial charge >= 0.3 is 11.7 Å². The maximum Gasteiger partial charge on any atom is 0.335 e. The summed E-state index contributed by atoms with van der Waals surface area (Å²) in [6.07, 6.45) is 8.81. The first kappa shape index (κ1) is 21.0. The SMILES string of the molecule is Cc1cn([C@H]2C[C@H](N=[N+]=[N-])[C@@H](COC(=O)C3=CN(CC4CC4)C=CC3)O2)c(=O)[nH]c1=O. The molecule has 1 aliphatic carbocycles. The van der Waals surface area contributed by atoms with Crippen LogP contribution in [0.15, 0.2) is 44.9 Å². The Morgan fingerprint density at radius 1 is 1.42 bits per heavy atom. The molecule has 0 unspecified atom stereocenters. The van der Waals surface area contributed by atoms with E-state index >= 15 is 0 Å². The molecule has 2 aliphatic heterocycles. The van der Waals surface area contributed by atoms with Gasteiger partial charge in [-0.05, 0) is 37.4 Å². The molecule has 31 heavy (non-hydrogen) atoms. The van der Waals surface area contributed by atoms with Gasteiger partial charge in [0.05, 0.1) is 11.6 Å². The molecular weight excluding hydrogens is 404 g/mol. The highest BCUT2D eigenvalue weighted by molar-refractivity contribution is 5.88. The number of nitrogens with zero attached hydrogens (tertiary/aromatic N) is 5. The highest BCUT2D eigenvalue weighted by Gasteiger charge is 2.37. The maximum absolute atomic E-state index is 12.5. The first-order valence-electron chi connectivity index (χ1n) is 10.3. The topological polar surface area (TPSA) is 142 Å². The molecule has 1 aromatic heterocycles. The van der Waals surface area contributed by atoms with Gasteiger partial charge in [0, 0.05) is 42.3 Å². The van der Waals surface area contributed by atoms with Crippen molar-refractivity contribution in [2.45, 2.75) is 51.0 Å². The van der Waals surface area contributed by atoms with Gasteiger partial charge in [0.15, 0.2) is 0 Å². The molecule has 0 amide bonds. The second-order valence-electron chi connectivity index (χ2n) is 8.10. The zero-order valence-electron chi connectivity index (χ0n) is 17.1. The number of aryl methyl sites for hydroxylation is 1. The molecule has 1 saturated carbocycles. The maximum atomic E-state index is 12.5. The Morgan fingerprint density at radius 3 is 2.97 bits per heavy atom. The summed E-state index contributed by atoms with van der Waals surface area (Å²) in [5.74, 6) is 0.235. The number of aromatic nitrogens is 2. The molecule has 1 aromatic rings. The number of carbonyl (C=O) groups is 1. The average Bonchev–Trinajstić information content (AvgIpc) is 3.47. The smallest absolute Gasteiger partial charge is 0.335 e. The first-order chi connectivity index (χ1) is 14.9. The third-order valence-electron chi connectivity index (χ3n) is 5.62. The van der Waals surface area contributed by atoms with Crippen molar-refractivity contribution in [1.29, 1.82) is 0 Å². The van der Waals surface area contributed by atoms with Crippen LogP contribution < -0.4 is 11.2 Å². The fourth-order valence-electron chi connectivity index (χ4n) is 3.73. The number of aromatic amines is 1. The van der Waals surface area contributed by atoms with Crippen LogP contribution in [0.4, 0.5) is 0 Å². The predicted molar refractivity (Wildman–Crippen MR) is 110 cm³/mol. The van der Waals surface area contributed by atoms with Gasteiger partial charge in [-0.15, -0.1) is 0 Å². The minimum absolute atomic E-state index is 0.111. The summed E-state index contributed by atoms with van der Waals surface area (Å²) in [5.41, 5.74) is 8.69. The van der Waals surface area contributed by atoms with E-state index in [2.05, 4.69) is 15.0 Å². The lowest BCUT2D eigenvalue weighted by Crippen LogP contribution is -2.33. The fourth-order valence-corrected chi connectivity index (χ4v) is 3.73. The van der Waals surface area contributed by atoms with Crippen LogP contribution in [0.1, 0.15) is 37.5 Å². The zero-order valence-corrected chi connectivity index (χ0v) is 17.1.